The van der Waals surface area contributed by atoms with Crippen molar-refractivity contribution < 1.29 is 19.2 Å². The zero-order valence-electron chi connectivity index (χ0n) is 13.6. The average Bonchev–Trinajstić information content (AvgIpc) is 2.96. The number of ether oxygens (including phenoxy) is 1. The van der Waals surface area contributed by atoms with Crippen LogP contribution in [0.1, 0.15) is 18.1 Å². The first-order chi connectivity index (χ1) is 12.4. The Labute approximate surface area is 148 Å². The molecule has 0 unspecified atom stereocenters. The van der Waals surface area contributed by atoms with Gasteiger partial charge in [-0.1, -0.05) is 12.1 Å². The molecule has 0 spiro atoms. The number of hydrogen-bond donors (Lipinski definition) is 1. The minimum absolute atomic E-state index is 0.0476. The molecule has 0 bridgehead atoms. The Balaban J connectivity index is 1.86. The molecule has 8 nitrogen and oxygen atoms in total. The van der Waals surface area contributed by atoms with E-state index in [9.17, 15) is 19.7 Å². The van der Waals surface area contributed by atoms with Crippen LogP contribution in [0.4, 0.5) is 11.4 Å². The van der Waals surface area contributed by atoms with E-state index in [0.29, 0.717) is 16.8 Å². The fourth-order valence-corrected chi connectivity index (χ4v) is 2.32. The van der Waals surface area contributed by atoms with Gasteiger partial charge >= 0.3 is 5.97 Å². The monoisotopic (exact) mass is 351 g/mol. The number of cyclic esters (lactones) is 1. The fraction of sp³-hybridized carbons (Fsp3) is 0.0556. The van der Waals surface area contributed by atoms with Gasteiger partial charge in [0.1, 0.15) is 0 Å². The summed E-state index contributed by atoms with van der Waals surface area (Å²) in [7, 11) is 0. The lowest BCUT2D eigenvalue weighted by molar-refractivity contribution is -0.384. The van der Waals surface area contributed by atoms with Crippen molar-refractivity contribution in [1.29, 1.82) is 0 Å². The molecule has 1 N–H and O–H groups in total. The largest absolute Gasteiger partial charge is 0.402 e. The molecular weight excluding hydrogens is 338 g/mol. The number of esters is 1. The van der Waals surface area contributed by atoms with Crippen molar-refractivity contribution in [1.82, 2.24) is 0 Å². The molecule has 2 aromatic carbocycles. The topological polar surface area (TPSA) is 111 Å². The maximum Gasteiger partial charge on any atom is 0.363 e. The van der Waals surface area contributed by atoms with Gasteiger partial charge in [-0.2, -0.15) is 0 Å². The number of aliphatic imine (C=N–C) groups is 1. The van der Waals surface area contributed by atoms with Crippen molar-refractivity contribution in [2.45, 2.75) is 6.92 Å². The third-order valence-electron chi connectivity index (χ3n) is 3.46. The molecule has 0 saturated carbocycles. The summed E-state index contributed by atoms with van der Waals surface area (Å²) in [6.45, 7) is 1.40. The quantitative estimate of drug-likeness (QED) is 0.394. The van der Waals surface area contributed by atoms with E-state index in [1.807, 2.05) is 0 Å². The molecule has 0 radical (unpaired) electrons. The van der Waals surface area contributed by atoms with Crippen LogP contribution in [0.3, 0.4) is 0 Å². The third kappa shape index (κ3) is 3.81. The molecule has 0 fully saturated rings. The summed E-state index contributed by atoms with van der Waals surface area (Å²) >= 11 is 0. The number of nitrogens with one attached hydrogen (secondary N) is 1. The Bertz CT molecular complexity index is 961. The molecule has 1 heterocycles. The van der Waals surface area contributed by atoms with E-state index in [-0.39, 0.29) is 23.2 Å². The van der Waals surface area contributed by atoms with Gasteiger partial charge < -0.3 is 10.1 Å². The Kier molecular flexibility index (Phi) is 4.57. The zero-order valence-corrected chi connectivity index (χ0v) is 13.6. The Morgan fingerprint density at radius 2 is 1.96 bits per heavy atom. The number of nitro benzene ring substituents is 1. The molecule has 26 heavy (non-hydrogen) atoms. The number of amides is 1. The van der Waals surface area contributed by atoms with E-state index in [4.69, 9.17) is 4.74 Å². The lowest BCUT2D eigenvalue weighted by Gasteiger charge is -2.03. The van der Waals surface area contributed by atoms with Gasteiger partial charge in [0.15, 0.2) is 5.70 Å². The highest BCUT2D eigenvalue weighted by molar-refractivity contribution is 6.13. The van der Waals surface area contributed by atoms with Crippen molar-refractivity contribution in [3.8, 4) is 0 Å². The molecule has 2 aromatic rings. The van der Waals surface area contributed by atoms with E-state index >= 15 is 0 Å². The molecule has 0 saturated heterocycles. The number of benzene rings is 2. The van der Waals surface area contributed by atoms with E-state index in [1.165, 1.54) is 31.2 Å². The van der Waals surface area contributed by atoms with Crippen LogP contribution in [0.25, 0.3) is 6.08 Å². The Hall–Kier alpha value is -3.81. The van der Waals surface area contributed by atoms with Gasteiger partial charge in [-0.25, -0.2) is 9.79 Å². The van der Waals surface area contributed by atoms with E-state index in [0.717, 1.165) is 0 Å². The summed E-state index contributed by atoms with van der Waals surface area (Å²) in [5.74, 6) is -0.706. The van der Waals surface area contributed by atoms with Gasteiger partial charge in [0.25, 0.3) is 5.69 Å². The predicted octanol–water partition coefficient (Wildman–Crippen LogP) is 2.90. The molecule has 0 atom stereocenters. The SMILES string of the molecule is CC(=O)Nc1ccc(C2=N/C(=C/c3cccc([N+](=O)[O-])c3)C(=O)O2)cc1. The van der Waals surface area contributed by atoms with Crippen molar-refractivity contribution in [3.05, 3.63) is 75.5 Å². The van der Waals surface area contributed by atoms with Crippen molar-refractivity contribution in [2.24, 2.45) is 4.99 Å². The van der Waals surface area contributed by atoms with Gasteiger partial charge in [0.05, 0.1) is 4.92 Å². The maximum atomic E-state index is 12.0. The second-order valence-corrected chi connectivity index (χ2v) is 5.45. The number of carbonyl (C=O) groups is 2. The third-order valence-corrected chi connectivity index (χ3v) is 3.46. The van der Waals surface area contributed by atoms with Crippen LogP contribution in [0.5, 0.6) is 0 Å². The van der Waals surface area contributed by atoms with Crippen LogP contribution in [-0.2, 0) is 14.3 Å². The molecule has 1 amide bonds. The normalized spacial score (nSPS) is 14.7. The number of nitro groups is 1. The highest BCUT2D eigenvalue weighted by Gasteiger charge is 2.24. The van der Waals surface area contributed by atoms with Crippen LogP contribution < -0.4 is 5.32 Å². The van der Waals surface area contributed by atoms with Crippen molar-refractivity contribution in [3.63, 3.8) is 0 Å². The molecule has 130 valence electrons. The first-order valence-electron chi connectivity index (χ1n) is 7.57. The first-order valence-corrected chi connectivity index (χ1v) is 7.57. The number of nitrogens with zero attached hydrogens (tertiary/aromatic N) is 2. The van der Waals surface area contributed by atoms with Gasteiger partial charge in [-0.05, 0) is 35.9 Å². The van der Waals surface area contributed by atoms with E-state index < -0.39 is 10.9 Å². The molecule has 0 aliphatic carbocycles. The summed E-state index contributed by atoms with van der Waals surface area (Å²) < 4.78 is 5.15. The van der Waals surface area contributed by atoms with E-state index in [1.54, 1.807) is 30.3 Å². The minimum Gasteiger partial charge on any atom is -0.402 e. The second-order valence-electron chi connectivity index (χ2n) is 5.45. The van der Waals surface area contributed by atoms with Crippen molar-refractivity contribution in [2.75, 3.05) is 5.32 Å². The molecule has 0 aromatic heterocycles. The maximum absolute atomic E-state index is 12.0. The molecular formula is C18H13N3O5. The number of hydrogen-bond acceptors (Lipinski definition) is 6. The number of non-ortho nitro benzene ring substituents is 1. The fourth-order valence-electron chi connectivity index (χ4n) is 2.32. The molecule has 8 heteroatoms. The van der Waals surface area contributed by atoms with Crippen molar-refractivity contribution >= 4 is 35.2 Å². The minimum atomic E-state index is -0.641. The van der Waals surface area contributed by atoms with Gasteiger partial charge in [-0.3, -0.25) is 14.9 Å². The predicted molar refractivity (Wildman–Crippen MR) is 94.4 cm³/mol. The summed E-state index contributed by atoms with van der Waals surface area (Å²) in [5.41, 5.74) is 1.61. The summed E-state index contributed by atoms with van der Waals surface area (Å²) in [6.07, 6.45) is 1.42. The standard InChI is InChI=1S/C18H13N3O5/c1-11(22)19-14-7-5-13(6-8-14)17-20-16(18(23)26-17)10-12-3-2-4-15(9-12)21(24)25/h2-10H,1H3,(H,19,22)/b16-10+. The summed E-state index contributed by atoms with van der Waals surface area (Å²) in [4.78, 5) is 37.5. The molecule has 1 aliphatic heterocycles. The van der Waals surface area contributed by atoms with Crippen LogP contribution in [-0.4, -0.2) is 22.7 Å². The number of rotatable bonds is 4. The second kappa shape index (κ2) is 6.98. The van der Waals surface area contributed by atoms with E-state index in [2.05, 4.69) is 10.3 Å². The lowest BCUT2D eigenvalue weighted by Crippen LogP contribution is -2.07. The van der Waals surface area contributed by atoms with Crippen LogP contribution in [0.2, 0.25) is 0 Å². The Morgan fingerprint density at radius 1 is 1.23 bits per heavy atom. The number of anilines is 1. The molecule has 3 rings (SSSR count). The average molecular weight is 351 g/mol. The van der Waals surface area contributed by atoms with Gasteiger partial charge in [-0.15, -0.1) is 0 Å². The number of carbonyl (C=O) groups excluding carboxylic acids is 2. The highest BCUT2D eigenvalue weighted by Crippen LogP contribution is 2.22. The molecule has 1 aliphatic rings. The smallest absolute Gasteiger partial charge is 0.363 e. The van der Waals surface area contributed by atoms with Gasteiger partial charge in [0.2, 0.25) is 11.8 Å². The summed E-state index contributed by atoms with van der Waals surface area (Å²) in [5, 5.41) is 13.5. The highest BCUT2D eigenvalue weighted by atomic mass is 16.6. The lowest BCUT2D eigenvalue weighted by atomic mass is 10.1. The van der Waals surface area contributed by atoms with Crippen LogP contribution in [0.15, 0.2) is 59.2 Å². The first kappa shape index (κ1) is 17.0. The Morgan fingerprint density at radius 3 is 2.62 bits per heavy atom. The zero-order chi connectivity index (χ0) is 18.7. The van der Waals surface area contributed by atoms with Crippen LogP contribution in [0, 0.1) is 10.1 Å². The van der Waals surface area contributed by atoms with Crippen LogP contribution >= 0.6 is 0 Å². The van der Waals surface area contributed by atoms with Gasteiger partial charge in [0, 0.05) is 30.3 Å². The summed E-state index contributed by atoms with van der Waals surface area (Å²) in [6, 6.07) is 12.5.